The molecule has 0 aromatic carbocycles. The van der Waals surface area contributed by atoms with Crippen LogP contribution in [0.3, 0.4) is 0 Å². The van der Waals surface area contributed by atoms with Crippen LogP contribution in [0.15, 0.2) is 0 Å². The molecule has 2 unspecified atom stereocenters. The summed E-state index contributed by atoms with van der Waals surface area (Å²) in [6.45, 7) is 10.5. The molecule has 0 aliphatic carbocycles. The Labute approximate surface area is 104 Å². The van der Waals surface area contributed by atoms with Gasteiger partial charge in [0.2, 0.25) is 0 Å². The summed E-state index contributed by atoms with van der Waals surface area (Å²) in [5, 5.41) is 15.1. The van der Waals surface area contributed by atoms with Crippen LogP contribution < -0.4 is 10.6 Å². The van der Waals surface area contributed by atoms with Crippen molar-refractivity contribution in [1.82, 2.24) is 10.6 Å². The quantitative estimate of drug-likeness (QED) is 0.617. The average molecular weight is 246 g/mol. The van der Waals surface area contributed by atoms with E-state index in [1.54, 1.807) is 6.92 Å². The summed E-state index contributed by atoms with van der Waals surface area (Å²) in [5.74, 6) is 0. The summed E-state index contributed by atoms with van der Waals surface area (Å²) in [6, 6.07) is 0.0662. The SMILES string of the molecule is CC(O)C(C)NCCCNC(=O)OC(C)(C)C. The Balaban J connectivity index is 3.49. The molecule has 0 fully saturated rings. The number of rotatable bonds is 6. The van der Waals surface area contributed by atoms with E-state index in [1.165, 1.54) is 0 Å². The lowest BCUT2D eigenvalue weighted by atomic mass is 10.2. The van der Waals surface area contributed by atoms with Crippen molar-refractivity contribution < 1.29 is 14.6 Å². The summed E-state index contributed by atoms with van der Waals surface area (Å²) in [6.07, 6.45) is 0.0472. The van der Waals surface area contributed by atoms with Gasteiger partial charge in [-0.1, -0.05) is 0 Å². The summed E-state index contributed by atoms with van der Waals surface area (Å²) in [5.41, 5.74) is -0.455. The standard InChI is InChI=1S/C12H26N2O3/c1-9(10(2)15)13-7-6-8-14-11(16)17-12(3,4)5/h9-10,13,15H,6-8H2,1-5H3,(H,14,16). The van der Waals surface area contributed by atoms with E-state index in [0.29, 0.717) is 6.54 Å². The predicted molar refractivity (Wildman–Crippen MR) is 68.0 cm³/mol. The van der Waals surface area contributed by atoms with E-state index in [-0.39, 0.29) is 18.2 Å². The number of aliphatic hydroxyl groups excluding tert-OH is 1. The second-order valence-corrected chi connectivity index (χ2v) is 5.27. The lowest BCUT2D eigenvalue weighted by Crippen LogP contribution is -2.38. The summed E-state index contributed by atoms with van der Waals surface area (Å²) < 4.78 is 5.09. The zero-order chi connectivity index (χ0) is 13.5. The minimum absolute atomic E-state index is 0.0662. The molecule has 0 rings (SSSR count). The highest BCUT2D eigenvalue weighted by molar-refractivity contribution is 5.67. The highest BCUT2D eigenvalue weighted by atomic mass is 16.6. The summed E-state index contributed by atoms with van der Waals surface area (Å²) in [4.78, 5) is 11.3. The van der Waals surface area contributed by atoms with Gasteiger partial charge in [0.15, 0.2) is 0 Å². The molecule has 0 radical (unpaired) electrons. The highest BCUT2D eigenvalue weighted by Gasteiger charge is 2.15. The zero-order valence-corrected chi connectivity index (χ0v) is 11.5. The van der Waals surface area contributed by atoms with E-state index >= 15 is 0 Å². The largest absolute Gasteiger partial charge is 0.444 e. The smallest absolute Gasteiger partial charge is 0.407 e. The second kappa shape index (κ2) is 7.50. The number of carbonyl (C=O) groups excluding carboxylic acids is 1. The maximum absolute atomic E-state index is 11.3. The lowest BCUT2D eigenvalue weighted by molar-refractivity contribution is 0.0527. The van der Waals surface area contributed by atoms with Crippen LogP contribution in [0.1, 0.15) is 41.0 Å². The van der Waals surface area contributed by atoms with Gasteiger partial charge in [-0.3, -0.25) is 0 Å². The van der Waals surface area contributed by atoms with E-state index in [0.717, 1.165) is 13.0 Å². The Hall–Kier alpha value is -0.810. The number of alkyl carbamates (subject to hydrolysis) is 1. The average Bonchev–Trinajstić information content (AvgIpc) is 2.13. The molecule has 5 nitrogen and oxygen atoms in total. The number of ether oxygens (including phenoxy) is 1. The van der Waals surface area contributed by atoms with Gasteiger partial charge in [0.25, 0.3) is 0 Å². The van der Waals surface area contributed by atoms with Crippen molar-refractivity contribution in [2.45, 2.75) is 58.8 Å². The van der Waals surface area contributed by atoms with Crippen LogP contribution in [0.5, 0.6) is 0 Å². The van der Waals surface area contributed by atoms with Gasteiger partial charge in [-0.25, -0.2) is 4.79 Å². The molecule has 0 heterocycles. The van der Waals surface area contributed by atoms with Crippen molar-refractivity contribution >= 4 is 6.09 Å². The van der Waals surface area contributed by atoms with Crippen LogP contribution in [0.25, 0.3) is 0 Å². The number of aliphatic hydroxyl groups is 1. The maximum Gasteiger partial charge on any atom is 0.407 e. The van der Waals surface area contributed by atoms with Crippen molar-refractivity contribution in [2.24, 2.45) is 0 Å². The molecular formula is C12H26N2O3. The third-order valence-electron chi connectivity index (χ3n) is 2.21. The van der Waals surface area contributed by atoms with E-state index in [1.807, 2.05) is 27.7 Å². The molecule has 0 bridgehead atoms. The number of hydrogen-bond acceptors (Lipinski definition) is 4. The fraction of sp³-hybridized carbons (Fsp3) is 0.917. The van der Waals surface area contributed by atoms with Crippen molar-refractivity contribution in [1.29, 1.82) is 0 Å². The molecule has 5 heteroatoms. The van der Waals surface area contributed by atoms with Crippen LogP contribution in [-0.2, 0) is 4.74 Å². The first-order chi connectivity index (χ1) is 7.72. The lowest BCUT2D eigenvalue weighted by Gasteiger charge is -2.20. The first-order valence-corrected chi connectivity index (χ1v) is 6.10. The molecule has 0 spiro atoms. The fourth-order valence-corrected chi connectivity index (χ4v) is 1.09. The van der Waals surface area contributed by atoms with Crippen LogP contribution in [-0.4, -0.2) is 42.0 Å². The van der Waals surface area contributed by atoms with E-state index < -0.39 is 5.60 Å². The summed E-state index contributed by atoms with van der Waals surface area (Å²) in [7, 11) is 0. The molecule has 0 saturated heterocycles. The molecule has 0 aromatic heterocycles. The Morgan fingerprint density at radius 2 is 1.88 bits per heavy atom. The minimum Gasteiger partial charge on any atom is -0.444 e. The number of hydrogen-bond donors (Lipinski definition) is 3. The third-order valence-corrected chi connectivity index (χ3v) is 2.21. The molecule has 0 saturated carbocycles. The van der Waals surface area contributed by atoms with Crippen LogP contribution in [0.4, 0.5) is 4.79 Å². The van der Waals surface area contributed by atoms with Crippen LogP contribution >= 0.6 is 0 Å². The first-order valence-electron chi connectivity index (χ1n) is 6.10. The number of amides is 1. The van der Waals surface area contributed by atoms with Gasteiger partial charge in [-0.2, -0.15) is 0 Å². The molecule has 0 aliphatic heterocycles. The Kier molecular flexibility index (Phi) is 7.15. The van der Waals surface area contributed by atoms with Gasteiger partial charge in [0.05, 0.1) is 6.10 Å². The fourth-order valence-electron chi connectivity index (χ4n) is 1.09. The minimum atomic E-state index is -0.455. The molecule has 17 heavy (non-hydrogen) atoms. The predicted octanol–water partition coefficient (Wildman–Crippen LogP) is 1.26. The topological polar surface area (TPSA) is 70.6 Å². The van der Waals surface area contributed by atoms with E-state index in [4.69, 9.17) is 4.74 Å². The summed E-state index contributed by atoms with van der Waals surface area (Å²) >= 11 is 0. The zero-order valence-electron chi connectivity index (χ0n) is 11.5. The van der Waals surface area contributed by atoms with E-state index in [9.17, 15) is 9.90 Å². The van der Waals surface area contributed by atoms with Gasteiger partial charge >= 0.3 is 6.09 Å². The first kappa shape index (κ1) is 16.2. The van der Waals surface area contributed by atoms with Gasteiger partial charge in [0.1, 0.15) is 5.60 Å². The Morgan fingerprint density at radius 3 is 2.35 bits per heavy atom. The van der Waals surface area contributed by atoms with Crippen molar-refractivity contribution in [3.05, 3.63) is 0 Å². The van der Waals surface area contributed by atoms with Crippen LogP contribution in [0, 0.1) is 0 Å². The Morgan fingerprint density at radius 1 is 1.29 bits per heavy atom. The van der Waals surface area contributed by atoms with Gasteiger partial charge in [-0.05, 0) is 47.6 Å². The number of nitrogens with one attached hydrogen (secondary N) is 2. The molecule has 102 valence electrons. The molecule has 2 atom stereocenters. The van der Waals surface area contributed by atoms with Gasteiger partial charge in [-0.15, -0.1) is 0 Å². The second-order valence-electron chi connectivity index (χ2n) is 5.27. The number of carbonyl (C=O) groups is 1. The maximum atomic E-state index is 11.3. The molecular weight excluding hydrogens is 220 g/mol. The Bertz CT molecular complexity index is 224. The van der Waals surface area contributed by atoms with E-state index in [2.05, 4.69) is 10.6 Å². The molecule has 1 amide bonds. The van der Waals surface area contributed by atoms with Gasteiger partial charge in [0, 0.05) is 12.6 Å². The van der Waals surface area contributed by atoms with Crippen molar-refractivity contribution in [3.8, 4) is 0 Å². The molecule has 0 aliphatic rings. The van der Waals surface area contributed by atoms with Crippen LogP contribution in [0.2, 0.25) is 0 Å². The van der Waals surface area contributed by atoms with Crippen molar-refractivity contribution in [2.75, 3.05) is 13.1 Å². The molecule has 0 aromatic rings. The normalized spacial score (nSPS) is 15.2. The van der Waals surface area contributed by atoms with Crippen molar-refractivity contribution in [3.63, 3.8) is 0 Å². The molecule has 3 N–H and O–H groups in total. The highest BCUT2D eigenvalue weighted by Crippen LogP contribution is 2.06. The monoisotopic (exact) mass is 246 g/mol. The van der Waals surface area contributed by atoms with Gasteiger partial charge < -0.3 is 20.5 Å². The third kappa shape index (κ3) is 10.1.